The second-order valence-corrected chi connectivity index (χ2v) is 5.36. The molecule has 4 nitrogen and oxygen atoms in total. The van der Waals surface area contributed by atoms with Crippen LogP contribution in [0.25, 0.3) is 0 Å². The third kappa shape index (κ3) is 2.35. The maximum absolute atomic E-state index is 4.41. The Labute approximate surface area is 113 Å². The average molecular weight is 256 g/mol. The van der Waals surface area contributed by atoms with Gasteiger partial charge in [0.15, 0.2) is 0 Å². The molecule has 0 saturated carbocycles. The Morgan fingerprint density at radius 1 is 1.37 bits per heavy atom. The molecule has 0 atom stereocenters. The summed E-state index contributed by atoms with van der Waals surface area (Å²) in [5.41, 5.74) is 4.12. The van der Waals surface area contributed by atoms with Gasteiger partial charge in [-0.05, 0) is 43.9 Å². The van der Waals surface area contributed by atoms with Gasteiger partial charge in [0, 0.05) is 24.7 Å². The van der Waals surface area contributed by atoms with Crippen LogP contribution in [0.1, 0.15) is 43.3 Å². The maximum atomic E-state index is 4.41. The van der Waals surface area contributed by atoms with Crippen LogP contribution in [-0.2, 0) is 12.8 Å². The van der Waals surface area contributed by atoms with Crippen LogP contribution in [0.15, 0.2) is 24.5 Å². The van der Waals surface area contributed by atoms with Crippen molar-refractivity contribution in [1.82, 2.24) is 14.8 Å². The average Bonchev–Trinajstić information content (AvgIpc) is 2.87. The summed E-state index contributed by atoms with van der Waals surface area (Å²) in [7, 11) is 0. The number of aromatic nitrogens is 3. The Kier molecular flexibility index (Phi) is 3.23. The van der Waals surface area contributed by atoms with Crippen molar-refractivity contribution in [2.24, 2.45) is 0 Å². The van der Waals surface area contributed by atoms with Crippen molar-refractivity contribution in [2.75, 3.05) is 11.9 Å². The molecule has 0 aliphatic carbocycles. The van der Waals surface area contributed by atoms with E-state index in [1.165, 1.54) is 23.2 Å². The highest BCUT2D eigenvalue weighted by Gasteiger charge is 2.15. The first-order valence-electron chi connectivity index (χ1n) is 6.98. The monoisotopic (exact) mass is 256 g/mol. The fraction of sp³-hybridized carbons (Fsp3) is 0.467. The summed E-state index contributed by atoms with van der Waals surface area (Å²) in [5.74, 6) is 1.05. The van der Waals surface area contributed by atoms with Gasteiger partial charge in [-0.25, -0.2) is 9.67 Å². The lowest BCUT2D eigenvalue weighted by Gasteiger charge is -2.21. The Balaban J connectivity index is 1.93. The molecule has 19 heavy (non-hydrogen) atoms. The smallest absolute Gasteiger partial charge is 0.138 e. The van der Waals surface area contributed by atoms with Crippen molar-refractivity contribution in [1.29, 1.82) is 0 Å². The summed E-state index contributed by atoms with van der Waals surface area (Å²) in [4.78, 5) is 4.41. The highest BCUT2D eigenvalue weighted by atomic mass is 15.3. The quantitative estimate of drug-likeness (QED) is 0.918. The standard InChI is InChI=1S/C15H20N4/c1-11(2)19-15(17-10-18-19)9-12-5-3-7-14-13(12)6-4-8-16-14/h3,5,7,10-11,16H,4,6,8-9H2,1-2H3. The first kappa shape index (κ1) is 12.2. The molecule has 0 bridgehead atoms. The Morgan fingerprint density at radius 2 is 2.26 bits per heavy atom. The second kappa shape index (κ2) is 5.03. The minimum Gasteiger partial charge on any atom is -0.385 e. The van der Waals surface area contributed by atoms with E-state index in [0.29, 0.717) is 6.04 Å². The van der Waals surface area contributed by atoms with Gasteiger partial charge in [-0.1, -0.05) is 12.1 Å². The zero-order valence-electron chi connectivity index (χ0n) is 11.6. The molecular weight excluding hydrogens is 236 g/mol. The third-order valence-corrected chi connectivity index (χ3v) is 3.68. The Hall–Kier alpha value is -1.84. The lowest BCUT2D eigenvalue weighted by Crippen LogP contribution is -2.15. The first-order chi connectivity index (χ1) is 9.25. The molecule has 0 amide bonds. The number of anilines is 1. The van der Waals surface area contributed by atoms with E-state index in [9.17, 15) is 0 Å². The third-order valence-electron chi connectivity index (χ3n) is 3.68. The van der Waals surface area contributed by atoms with Gasteiger partial charge in [0.2, 0.25) is 0 Å². The summed E-state index contributed by atoms with van der Waals surface area (Å²) in [6.07, 6.45) is 4.89. The zero-order chi connectivity index (χ0) is 13.2. The summed E-state index contributed by atoms with van der Waals surface area (Å²) < 4.78 is 2.01. The van der Waals surface area contributed by atoms with E-state index in [-0.39, 0.29) is 0 Å². The van der Waals surface area contributed by atoms with E-state index in [4.69, 9.17) is 0 Å². The number of hydrogen-bond donors (Lipinski definition) is 1. The number of hydrogen-bond acceptors (Lipinski definition) is 3. The molecule has 2 heterocycles. The van der Waals surface area contributed by atoms with Gasteiger partial charge in [-0.2, -0.15) is 5.10 Å². The highest BCUT2D eigenvalue weighted by molar-refractivity contribution is 5.56. The minimum absolute atomic E-state index is 0.357. The van der Waals surface area contributed by atoms with Gasteiger partial charge in [-0.3, -0.25) is 0 Å². The summed E-state index contributed by atoms with van der Waals surface area (Å²) in [6.45, 7) is 5.36. The fourth-order valence-corrected chi connectivity index (χ4v) is 2.75. The largest absolute Gasteiger partial charge is 0.385 e. The van der Waals surface area contributed by atoms with Crippen LogP contribution in [0.2, 0.25) is 0 Å². The van der Waals surface area contributed by atoms with Crippen molar-refractivity contribution in [3.05, 3.63) is 41.5 Å². The first-order valence-corrected chi connectivity index (χ1v) is 6.98. The lowest BCUT2D eigenvalue weighted by atomic mass is 9.95. The van der Waals surface area contributed by atoms with Gasteiger partial charge in [0.05, 0.1) is 0 Å². The zero-order valence-corrected chi connectivity index (χ0v) is 11.6. The Morgan fingerprint density at radius 3 is 3.11 bits per heavy atom. The molecule has 1 aliphatic rings. The summed E-state index contributed by atoms with van der Waals surface area (Å²) in [6, 6.07) is 6.87. The van der Waals surface area contributed by atoms with E-state index in [1.54, 1.807) is 6.33 Å². The van der Waals surface area contributed by atoms with E-state index in [0.717, 1.165) is 25.2 Å². The van der Waals surface area contributed by atoms with E-state index in [1.807, 2.05) is 4.68 Å². The van der Waals surface area contributed by atoms with Gasteiger partial charge < -0.3 is 5.32 Å². The molecule has 0 saturated heterocycles. The molecule has 0 unspecified atom stereocenters. The molecular formula is C15H20N4. The van der Waals surface area contributed by atoms with Crippen molar-refractivity contribution in [2.45, 2.75) is 39.2 Å². The maximum Gasteiger partial charge on any atom is 0.138 e. The predicted molar refractivity (Wildman–Crippen MR) is 76.5 cm³/mol. The molecule has 1 N–H and O–H groups in total. The summed E-state index contributed by atoms with van der Waals surface area (Å²) >= 11 is 0. The van der Waals surface area contributed by atoms with Crippen LogP contribution in [-0.4, -0.2) is 21.3 Å². The number of fused-ring (bicyclic) bond motifs is 1. The molecule has 2 aromatic rings. The van der Waals surface area contributed by atoms with Crippen LogP contribution in [0.4, 0.5) is 5.69 Å². The van der Waals surface area contributed by atoms with Gasteiger partial charge in [0.1, 0.15) is 12.2 Å². The van der Waals surface area contributed by atoms with Gasteiger partial charge in [-0.15, -0.1) is 0 Å². The van der Waals surface area contributed by atoms with Crippen molar-refractivity contribution in [3.63, 3.8) is 0 Å². The van der Waals surface area contributed by atoms with Crippen LogP contribution in [0.5, 0.6) is 0 Å². The number of nitrogens with one attached hydrogen (secondary N) is 1. The predicted octanol–water partition coefficient (Wildman–Crippen LogP) is 2.81. The normalized spacial score (nSPS) is 14.3. The van der Waals surface area contributed by atoms with Crippen LogP contribution in [0, 0.1) is 0 Å². The lowest BCUT2D eigenvalue weighted by molar-refractivity contribution is 0.510. The molecule has 4 heteroatoms. The SMILES string of the molecule is CC(C)n1ncnc1Cc1cccc2c1CCCN2. The molecule has 1 aromatic carbocycles. The molecule has 3 rings (SSSR count). The van der Waals surface area contributed by atoms with Gasteiger partial charge >= 0.3 is 0 Å². The molecule has 100 valence electrons. The summed E-state index contributed by atoms with van der Waals surface area (Å²) in [5, 5.41) is 7.79. The van der Waals surface area contributed by atoms with E-state index < -0.39 is 0 Å². The van der Waals surface area contributed by atoms with E-state index in [2.05, 4.69) is 47.4 Å². The van der Waals surface area contributed by atoms with Gasteiger partial charge in [0.25, 0.3) is 0 Å². The topological polar surface area (TPSA) is 42.7 Å². The molecule has 0 radical (unpaired) electrons. The second-order valence-electron chi connectivity index (χ2n) is 5.36. The highest BCUT2D eigenvalue weighted by Crippen LogP contribution is 2.26. The number of nitrogens with zero attached hydrogens (tertiary/aromatic N) is 3. The molecule has 1 aliphatic heterocycles. The Bertz CT molecular complexity index is 571. The van der Waals surface area contributed by atoms with Crippen LogP contribution in [0.3, 0.4) is 0 Å². The molecule has 0 spiro atoms. The van der Waals surface area contributed by atoms with Crippen molar-refractivity contribution >= 4 is 5.69 Å². The number of rotatable bonds is 3. The molecule has 0 fully saturated rings. The van der Waals surface area contributed by atoms with Crippen LogP contribution < -0.4 is 5.32 Å². The number of benzene rings is 1. The van der Waals surface area contributed by atoms with E-state index >= 15 is 0 Å². The fourth-order valence-electron chi connectivity index (χ4n) is 2.75. The minimum atomic E-state index is 0.357. The van der Waals surface area contributed by atoms with Crippen molar-refractivity contribution in [3.8, 4) is 0 Å². The van der Waals surface area contributed by atoms with Crippen molar-refractivity contribution < 1.29 is 0 Å². The molecule has 1 aromatic heterocycles. The van der Waals surface area contributed by atoms with Crippen LogP contribution >= 0.6 is 0 Å².